The molecule has 0 unspecified atom stereocenters. The van der Waals surface area contributed by atoms with Crippen LogP contribution in [0.2, 0.25) is 10.0 Å². The largest absolute Gasteiger partial charge is 0.487 e. The Morgan fingerprint density at radius 1 is 1.14 bits per heavy atom. The van der Waals surface area contributed by atoms with Crippen LogP contribution in [0.25, 0.3) is 5.69 Å². The van der Waals surface area contributed by atoms with E-state index in [1.54, 1.807) is 13.0 Å². The molecule has 0 fully saturated rings. The van der Waals surface area contributed by atoms with Gasteiger partial charge in [0.2, 0.25) is 0 Å². The van der Waals surface area contributed by atoms with Gasteiger partial charge < -0.3 is 9.47 Å². The molecule has 0 radical (unpaired) electrons. The number of hydrogen-bond acceptors (Lipinski definition) is 5. The third kappa shape index (κ3) is 4.10. The van der Waals surface area contributed by atoms with Crippen molar-refractivity contribution in [1.29, 1.82) is 0 Å². The van der Waals surface area contributed by atoms with Crippen LogP contribution in [0.1, 0.15) is 11.1 Å². The average molecular weight is 431 g/mol. The lowest BCUT2D eigenvalue weighted by atomic mass is 10.1. The third-order valence-corrected chi connectivity index (χ3v) is 4.56. The molecule has 0 N–H and O–H groups in total. The zero-order valence-electron chi connectivity index (χ0n) is 14.7. The zero-order chi connectivity index (χ0) is 20.4. The maximum absolute atomic E-state index is 12.8. The van der Waals surface area contributed by atoms with Gasteiger partial charge in [-0.25, -0.2) is 4.79 Å². The molecule has 148 valence electrons. The van der Waals surface area contributed by atoms with Gasteiger partial charge in [-0.05, 0) is 41.1 Å². The van der Waals surface area contributed by atoms with Crippen LogP contribution in [0, 0.1) is 6.92 Å². The number of hydrogen-bond donors (Lipinski definition) is 0. The molecule has 1 aromatic heterocycles. The lowest BCUT2D eigenvalue weighted by Gasteiger charge is -2.16. The fourth-order valence-corrected chi connectivity index (χ4v) is 2.88. The van der Waals surface area contributed by atoms with Gasteiger partial charge in [-0.3, -0.25) is 0 Å². The third-order valence-electron chi connectivity index (χ3n) is 3.86. The van der Waals surface area contributed by atoms with Crippen molar-refractivity contribution >= 4 is 23.2 Å². The Kier molecular flexibility index (Phi) is 5.85. The van der Waals surface area contributed by atoms with Crippen molar-refractivity contribution in [3.8, 4) is 17.2 Å². The molecular weight excluding hydrogens is 417 g/mol. The molecule has 0 amide bonds. The van der Waals surface area contributed by atoms with E-state index >= 15 is 0 Å². The molecule has 3 aromatic rings. The summed E-state index contributed by atoms with van der Waals surface area (Å²) in [4.78, 5) is 12.2. The number of ether oxygens (including phenoxy) is 2. The Morgan fingerprint density at radius 2 is 1.89 bits per heavy atom. The van der Waals surface area contributed by atoms with Crippen LogP contribution in [0.3, 0.4) is 0 Å². The van der Waals surface area contributed by atoms with E-state index in [2.05, 4.69) is 15.2 Å². The van der Waals surface area contributed by atoms with Crippen LogP contribution < -0.4 is 15.2 Å². The van der Waals surface area contributed by atoms with E-state index in [0.29, 0.717) is 10.0 Å². The summed E-state index contributed by atoms with van der Waals surface area (Å²) in [6, 6.07) is 7.43. The minimum Gasteiger partial charge on any atom is -0.487 e. The summed E-state index contributed by atoms with van der Waals surface area (Å²) in [5.74, 6) is 0.0842. The predicted molar refractivity (Wildman–Crippen MR) is 98.8 cm³/mol. The van der Waals surface area contributed by atoms with Crippen LogP contribution >= 0.6 is 23.2 Å². The fourth-order valence-electron chi connectivity index (χ4n) is 2.46. The quantitative estimate of drug-likeness (QED) is 0.595. The number of benzene rings is 2. The summed E-state index contributed by atoms with van der Waals surface area (Å²) < 4.78 is 37.9. The lowest BCUT2D eigenvalue weighted by Crippen LogP contribution is -2.23. The smallest absolute Gasteiger partial charge is 0.387 e. The normalized spacial score (nSPS) is 11.1. The number of nitrogens with zero attached hydrogens (tertiary/aromatic N) is 4. The highest BCUT2D eigenvalue weighted by Crippen LogP contribution is 2.33. The van der Waals surface area contributed by atoms with Crippen molar-refractivity contribution in [2.24, 2.45) is 7.05 Å². The van der Waals surface area contributed by atoms with Gasteiger partial charge in [0.05, 0.1) is 16.3 Å². The minimum absolute atomic E-state index is 0.165. The monoisotopic (exact) mass is 430 g/mol. The van der Waals surface area contributed by atoms with Crippen molar-refractivity contribution in [3.05, 3.63) is 62.0 Å². The molecule has 1 heterocycles. The molecule has 0 saturated heterocycles. The molecule has 0 aliphatic heterocycles. The summed E-state index contributed by atoms with van der Waals surface area (Å²) in [7, 11) is 1.41. The van der Waals surface area contributed by atoms with Gasteiger partial charge in [-0.1, -0.05) is 29.3 Å². The molecule has 2 aromatic carbocycles. The number of aryl methyl sites for hydroxylation is 2. The van der Waals surface area contributed by atoms with E-state index in [-0.39, 0.29) is 29.4 Å². The summed E-state index contributed by atoms with van der Waals surface area (Å²) >= 11 is 12.3. The van der Waals surface area contributed by atoms with E-state index in [4.69, 9.17) is 27.9 Å². The molecule has 28 heavy (non-hydrogen) atoms. The van der Waals surface area contributed by atoms with E-state index in [9.17, 15) is 13.6 Å². The van der Waals surface area contributed by atoms with E-state index in [0.717, 1.165) is 14.9 Å². The van der Waals surface area contributed by atoms with E-state index in [1.165, 1.54) is 31.3 Å². The Bertz CT molecular complexity index is 1070. The van der Waals surface area contributed by atoms with Crippen LogP contribution in [0.4, 0.5) is 8.78 Å². The minimum atomic E-state index is -3.06. The standard InChI is InChI=1S/C17H14Cl2F2N4O3/c1-9-6-12(19)15(7-11(9)18)27-8-10-13(25-17(26)24(2)22-23-25)4-3-5-14(10)28-16(20)21/h3-7,16H,8H2,1-2H3. The van der Waals surface area contributed by atoms with Gasteiger partial charge in [-0.15, -0.1) is 0 Å². The molecule has 0 bridgehead atoms. The SMILES string of the molecule is Cc1cc(Cl)c(OCc2c(OC(F)F)cccc2-n2nnn(C)c2=O)cc1Cl. The van der Waals surface area contributed by atoms with Crippen LogP contribution in [0.15, 0.2) is 35.1 Å². The van der Waals surface area contributed by atoms with Gasteiger partial charge >= 0.3 is 12.3 Å². The van der Waals surface area contributed by atoms with E-state index in [1.807, 2.05) is 0 Å². The van der Waals surface area contributed by atoms with Gasteiger partial charge in [0.1, 0.15) is 18.1 Å². The number of tetrazole rings is 1. The van der Waals surface area contributed by atoms with Crippen molar-refractivity contribution in [1.82, 2.24) is 19.8 Å². The van der Waals surface area contributed by atoms with Crippen molar-refractivity contribution < 1.29 is 18.3 Å². The van der Waals surface area contributed by atoms with Gasteiger partial charge in [0, 0.05) is 18.1 Å². The van der Waals surface area contributed by atoms with Crippen LogP contribution in [0.5, 0.6) is 11.5 Å². The number of rotatable bonds is 6. The topological polar surface area (TPSA) is 71.2 Å². The number of halogens is 4. The molecule has 0 aliphatic rings. The molecular formula is C17H14Cl2F2N4O3. The molecule has 0 aliphatic carbocycles. The first kappa shape index (κ1) is 20.1. The van der Waals surface area contributed by atoms with E-state index < -0.39 is 12.3 Å². The highest BCUT2D eigenvalue weighted by atomic mass is 35.5. The highest BCUT2D eigenvalue weighted by Gasteiger charge is 2.19. The Hall–Kier alpha value is -2.65. The summed E-state index contributed by atoms with van der Waals surface area (Å²) in [5.41, 5.74) is 0.544. The maximum Gasteiger partial charge on any atom is 0.387 e. The van der Waals surface area contributed by atoms with Crippen molar-refractivity contribution in [2.45, 2.75) is 20.1 Å². The van der Waals surface area contributed by atoms with Gasteiger partial charge in [0.25, 0.3) is 0 Å². The van der Waals surface area contributed by atoms with Crippen molar-refractivity contribution in [3.63, 3.8) is 0 Å². The Balaban J connectivity index is 2.03. The second kappa shape index (κ2) is 8.15. The first-order chi connectivity index (χ1) is 13.3. The van der Waals surface area contributed by atoms with Crippen LogP contribution in [-0.4, -0.2) is 26.4 Å². The summed E-state index contributed by atoms with van der Waals surface area (Å²) in [6.07, 6.45) is 0. The van der Waals surface area contributed by atoms with Crippen molar-refractivity contribution in [2.75, 3.05) is 0 Å². The highest BCUT2D eigenvalue weighted by molar-refractivity contribution is 6.34. The molecule has 7 nitrogen and oxygen atoms in total. The summed E-state index contributed by atoms with van der Waals surface area (Å²) in [5, 5.41) is 8.09. The second-order valence-corrected chi connectivity index (χ2v) is 6.56. The lowest BCUT2D eigenvalue weighted by molar-refractivity contribution is -0.0508. The fraction of sp³-hybridized carbons (Fsp3) is 0.235. The molecule has 3 rings (SSSR count). The zero-order valence-corrected chi connectivity index (χ0v) is 16.2. The Labute approximate surface area is 168 Å². The van der Waals surface area contributed by atoms with Crippen LogP contribution in [-0.2, 0) is 13.7 Å². The molecule has 0 saturated carbocycles. The first-order valence-corrected chi connectivity index (χ1v) is 8.68. The maximum atomic E-state index is 12.8. The summed E-state index contributed by atoms with van der Waals surface area (Å²) in [6.45, 7) is -1.52. The first-order valence-electron chi connectivity index (χ1n) is 7.92. The Morgan fingerprint density at radius 3 is 2.54 bits per heavy atom. The molecule has 0 spiro atoms. The van der Waals surface area contributed by atoms with Gasteiger partial charge in [-0.2, -0.15) is 18.1 Å². The van der Waals surface area contributed by atoms with Gasteiger partial charge in [0.15, 0.2) is 0 Å². The number of alkyl halides is 2. The molecule has 11 heteroatoms. The second-order valence-electron chi connectivity index (χ2n) is 5.75. The molecule has 0 atom stereocenters. The number of aromatic nitrogens is 4. The average Bonchev–Trinajstić information content (AvgIpc) is 2.96. The predicted octanol–water partition coefficient (Wildman–Crippen LogP) is 3.76.